The van der Waals surface area contributed by atoms with E-state index in [1.54, 1.807) is 0 Å². The Hall–Kier alpha value is -1.81. The van der Waals surface area contributed by atoms with Crippen LogP contribution in [0, 0.1) is 6.92 Å². The molecule has 0 aliphatic rings. The van der Waals surface area contributed by atoms with Crippen LogP contribution in [-0.2, 0) is 6.42 Å². The van der Waals surface area contributed by atoms with Crippen molar-refractivity contribution in [3.05, 3.63) is 35.7 Å². The molecular weight excluding hydrogens is 228 g/mol. The van der Waals surface area contributed by atoms with Crippen LogP contribution in [0.1, 0.15) is 18.4 Å². The van der Waals surface area contributed by atoms with E-state index in [0.717, 1.165) is 29.2 Å². The van der Waals surface area contributed by atoms with Gasteiger partial charge in [-0.1, -0.05) is 6.07 Å². The Labute approximate surface area is 107 Å². The van der Waals surface area contributed by atoms with E-state index < -0.39 is 0 Å². The van der Waals surface area contributed by atoms with Crippen LogP contribution in [0.3, 0.4) is 0 Å². The van der Waals surface area contributed by atoms with E-state index in [1.807, 2.05) is 38.1 Å². The molecule has 0 aliphatic heterocycles. The van der Waals surface area contributed by atoms with Gasteiger partial charge in [0.2, 0.25) is 5.89 Å². The Morgan fingerprint density at radius 2 is 2.22 bits per heavy atom. The van der Waals surface area contributed by atoms with Crippen LogP contribution >= 0.6 is 0 Å². The molecule has 1 aromatic carbocycles. The number of aryl methyl sites for hydroxylation is 1. The molecule has 2 rings (SSSR count). The maximum atomic E-state index is 5.66. The summed E-state index contributed by atoms with van der Waals surface area (Å²) >= 11 is 0. The zero-order valence-electron chi connectivity index (χ0n) is 10.8. The SMILES string of the molecule is CCOc1cccc(-c2nc(CCN)c(C)o2)c1. The summed E-state index contributed by atoms with van der Waals surface area (Å²) in [6, 6.07) is 7.74. The second-order valence-corrected chi connectivity index (χ2v) is 4.02. The van der Waals surface area contributed by atoms with Crippen molar-refractivity contribution in [3.8, 4) is 17.2 Å². The molecule has 1 heterocycles. The van der Waals surface area contributed by atoms with E-state index in [0.29, 0.717) is 19.0 Å². The number of benzene rings is 1. The standard InChI is InChI=1S/C14H18N2O2/c1-3-17-12-6-4-5-11(9-12)14-16-13(7-8-15)10(2)18-14/h4-6,9H,3,7-8,15H2,1-2H3. The van der Waals surface area contributed by atoms with Crippen LogP contribution in [0.2, 0.25) is 0 Å². The van der Waals surface area contributed by atoms with E-state index >= 15 is 0 Å². The normalized spacial score (nSPS) is 10.6. The second-order valence-electron chi connectivity index (χ2n) is 4.02. The van der Waals surface area contributed by atoms with Crippen molar-refractivity contribution in [1.29, 1.82) is 0 Å². The number of ether oxygens (including phenoxy) is 1. The van der Waals surface area contributed by atoms with Gasteiger partial charge in [-0.2, -0.15) is 0 Å². The molecule has 0 aliphatic carbocycles. The first kappa shape index (κ1) is 12.6. The molecule has 0 saturated heterocycles. The number of oxazole rings is 1. The molecule has 0 amide bonds. The first-order valence-electron chi connectivity index (χ1n) is 6.14. The fourth-order valence-electron chi connectivity index (χ4n) is 1.81. The Balaban J connectivity index is 2.30. The molecule has 4 nitrogen and oxygen atoms in total. The predicted octanol–water partition coefficient (Wildman–Crippen LogP) is 2.55. The van der Waals surface area contributed by atoms with Crippen LogP contribution in [0.25, 0.3) is 11.5 Å². The zero-order chi connectivity index (χ0) is 13.0. The molecule has 2 aromatic rings. The summed E-state index contributed by atoms with van der Waals surface area (Å²) in [5.41, 5.74) is 7.39. The van der Waals surface area contributed by atoms with Crippen LogP contribution in [0.15, 0.2) is 28.7 Å². The molecule has 0 atom stereocenters. The van der Waals surface area contributed by atoms with Crippen LogP contribution < -0.4 is 10.5 Å². The van der Waals surface area contributed by atoms with E-state index in [4.69, 9.17) is 14.9 Å². The fourth-order valence-corrected chi connectivity index (χ4v) is 1.81. The fraction of sp³-hybridized carbons (Fsp3) is 0.357. The molecule has 2 N–H and O–H groups in total. The summed E-state index contributed by atoms with van der Waals surface area (Å²) in [6.07, 6.45) is 0.737. The Kier molecular flexibility index (Phi) is 3.99. The highest BCUT2D eigenvalue weighted by Crippen LogP contribution is 2.25. The highest BCUT2D eigenvalue weighted by atomic mass is 16.5. The Morgan fingerprint density at radius 1 is 1.39 bits per heavy atom. The third kappa shape index (κ3) is 2.71. The van der Waals surface area contributed by atoms with Gasteiger partial charge in [0.1, 0.15) is 11.5 Å². The highest BCUT2D eigenvalue weighted by Gasteiger charge is 2.11. The van der Waals surface area contributed by atoms with Crippen LogP contribution in [-0.4, -0.2) is 18.1 Å². The predicted molar refractivity (Wildman–Crippen MR) is 70.6 cm³/mol. The smallest absolute Gasteiger partial charge is 0.226 e. The number of rotatable bonds is 5. The van der Waals surface area contributed by atoms with Crippen molar-refractivity contribution < 1.29 is 9.15 Å². The van der Waals surface area contributed by atoms with E-state index in [1.165, 1.54) is 0 Å². The van der Waals surface area contributed by atoms with Crippen LogP contribution in [0.4, 0.5) is 0 Å². The molecule has 18 heavy (non-hydrogen) atoms. The number of hydrogen-bond donors (Lipinski definition) is 1. The van der Waals surface area contributed by atoms with Gasteiger partial charge in [0.05, 0.1) is 12.3 Å². The summed E-state index contributed by atoms with van der Waals surface area (Å²) < 4.78 is 11.1. The van der Waals surface area contributed by atoms with Gasteiger partial charge in [-0.05, 0) is 38.6 Å². The van der Waals surface area contributed by atoms with E-state index in [9.17, 15) is 0 Å². The van der Waals surface area contributed by atoms with Gasteiger partial charge >= 0.3 is 0 Å². The minimum Gasteiger partial charge on any atom is -0.494 e. The van der Waals surface area contributed by atoms with Crippen molar-refractivity contribution in [2.24, 2.45) is 5.73 Å². The zero-order valence-corrected chi connectivity index (χ0v) is 10.8. The molecule has 96 valence electrons. The van der Waals surface area contributed by atoms with Crippen molar-refractivity contribution in [3.63, 3.8) is 0 Å². The Bertz CT molecular complexity index is 520. The molecule has 0 fully saturated rings. The van der Waals surface area contributed by atoms with Crippen LogP contribution in [0.5, 0.6) is 5.75 Å². The second kappa shape index (κ2) is 5.69. The minimum absolute atomic E-state index is 0.575. The average molecular weight is 246 g/mol. The first-order valence-corrected chi connectivity index (χ1v) is 6.14. The molecule has 4 heteroatoms. The summed E-state index contributed by atoms with van der Waals surface area (Å²) in [7, 11) is 0. The number of aromatic nitrogens is 1. The maximum Gasteiger partial charge on any atom is 0.226 e. The van der Waals surface area contributed by atoms with Gasteiger partial charge in [-0.25, -0.2) is 4.98 Å². The van der Waals surface area contributed by atoms with Gasteiger partial charge in [-0.3, -0.25) is 0 Å². The third-order valence-electron chi connectivity index (χ3n) is 2.67. The topological polar surface area (TPSA) is 61.3 Å². The number of nitrogens with zero attached hydrogens (tertiary/aromatic N) is 1. The average Bonchev–Trinajstić information content (AvgIpc) is 2.73. The monoisotopic (exact) mass is 246 g/mol. The highest BCUT2D eigenvalue weighted by molar-refractivity contribution is 5.56. The minimum atomic E-state index is 0.575. The van der Waals surface area contributed by atoms with Gasteiger partial charge in [0.15, 0.2) is 0 Å². The summed E-state index contributed by atoms with van der Waals surface area (Å²) in [5.74, 6) is 2.28. The lowest BCUT2D eigenvalue weighted by atomic mass is 10.2. The lowest BCUT2D eigenvalue weighted by molar-refractivity contribution is 0.340. The Morgan fingerprint density at radius 3 is 2.94 bits per heavy atom. The molecule has 0 bridgehead atoms. The molecule has 0 saturated carbocycles. The summed E-state index contributed by atoms with van der Waals surface area (Å²) in [5, 5.41) is 0. The maximum absolute atomic E-state index is 5.66. The third-order valence-corrected chi connectivity index (χ3v) is 2.67. The lowest BCUT2D eigenvalue weighted by Crippen LogP contribution is -2.03. The molecule has 0 spiro atoms. The van der Waals surface area contributed by atoms with E-state index in [-0.39, 0.29) is 0 Å². The van der Waals surface area contributed by atoms with Crippen molar-refractivity contribution in [1.82, 2.24) is 4.98 Å². The van der Waals surface area contributed by atoms with Crippen molar-refractivity contribution >= 4 is 0 Å². The number of nitrogens with two attached hydrogens (primary N) is 1. The largest absolute Gasteiger partial charge is 0.494 e. The van der Waals surface area contributed by atoms with Gasteiger partial charge in [-0.15, -0.1) is 0 Å². The number of hydrogen-bond acceptors (Lipinski definition) is 4. The van der Waals surface area contributed by atoms with Crippen molar-refractivity contribution in [2.45, 2.75) is 20.3 Å². The quantitative estimate of drug-likeness (QED) is 0.880. The molecular formula is C14H18N2O2. The van der Waals surface area contributed by atoms with Gasteiger partial charge in [0.25, 0.3) is 0 Å². The lowest BCUT2D eigenvalue weighted by Gasteiger charge is -2.03. The molecule has 1 aromatic heterocycles. The first-order chi connectivity index (χ1) is 8.74. The van der Waals surface area contributed by atoms with E-state index in [2.05, 4.69) is 4.98 Å². The van der Waals surface area contributed by atoms with Gasteiger partial charge < -0.3 is 14.9 Å². The summed E-state index contributed by atoms with van der Waals surface area (Å²) in [6.45, 7) is 5.09. The van der Waals surface area contributed by atoms with Crippen molar-refractivity contribution in [2.75, 3.05) is 13.2 Å². The summed E-state index contributed by atoms with van der Waals surface area (Å²) in [4.78, 5) is 4.47. The molecule has 0 radical (unpaired) electrons. The van der Waals surface area contributed by atoms with Gasteiger partial charge in [0, 0.05) is 12.0 Å². The molecule has 0 unspecified atom stereocenters.